The zero-order chi connectivity index (χ0) is 6.41. The summed E-state index contributed by atoms with van der Waals surface area (Å²) in [5.41, 5.74) is 0. The van der Waals surface area contributed by atoms with Crippen molar-refractivity contribution >= 4 is 0 Å². The van der Waals surface area contributed by atoms with Gasteiger partial charge in [0.25, 0.3) is 0 Å². The number of rotatable bonds is 4. The maximum Gasteiger partial charge on any atom is 0.141 e. The lowest BCUT2D eigenvalue weighted by molar-refractivity contribution is 0.456. The van der Waals surface area contributed by atoms with E-state index < -0.39 is 0 Å². The smallest absolute Gasteiger partial charge is 0.141 e. The molecule has 0 aromatic rings. The molecule has 0 aromatic carbocycles. The van der Waals surface area contributed by atoms with Crippen LogP contribution in [0.4, 0.5) is 4.39 Å². The molecule has 8 heavy (non-hydrogen) atoms. The topological polar surface area (TPSA) is 0 Å². The maximum absolute atomic E-state index is 11.9. The van der Waals surface area contributed by atoms with Crippen LogP contribution in [0.3, 0.4) is 0 Å². The third-order valence-electron chi connectivity index (χ3n) is 1.12. The van der Waals surface area contributed by atoms with Gasteiger partial charge in [0.2, 0.25) is 0 Å². The lowest BCUT2D eigenvalue weighted by atomic mass is 10.1. The van der Waals surface area contributed by atoms with Crippen LogP contribution in [0.1, 0.15) is 39.5 Å². The molecule has 0 saturated carbocycles. The van der Waals surface area contributed by atoms with Gasteiger partial charge in [0.05, 0.1) is 0 Å². The largest absolute Gasteiger partial charge is 0.241 e. The first-order valence-electron chi connectivity index (χ1n) is 3.25. The van der Waals surface area contributed by atoms with E-state index >= 15 is 0 Å². The van der Waals surface area contributed by atoms with Gasteiger partial charge in [-0.15, -0.1) is 0 Å². The third-order valence-corrected chi connectivity index (χ3v) is 1.12. The van der Waals surface area contributed by atoms with Crippen molar-refractivity contribution in [2.24, 2.45) is 0 Å². The van der Waals surface area contributed by atoms with Crippen LogP contribution in [0.5, 0.6) is 0 Å². The molecule has 0 N–H and O–H groups in total. The first-order valence-corrected chi connectivity index (χ1v) is 3.25. The zero-order valence-electron chi connectivity index (χ0n) is 5.71. The minimum atomic E-state index is 0.0680. The molecule has 1 radical (unpaired) electrons. The fourth-order valence-electron chi connectivity index (χ4n) is 0.619. The summed E-state index contributed by atoms with van der Waals surface area (Å²) in [5, 5.41) is 0. The molecule has 0 fully saturated rings. The van der Waals surface area contributed by atoms with Gasteiger partial charge in [-0.1, -0.05) is 26.2 Å². The summed E-state index contributed by atoms with van der Waals surface area (Å²) < 4.78 is 11.9. The second-order valence-corrected chi connectivity index (χ2v) is 2.13. The van der Waals surface area contributed by atoms with E-state index in [-0.39, 0.29) is 6.17 Å². The highest BCUT2D eigenvalue weighted by molar-refractivity contribution is 4.66. The van der Waals surface area contributed by atoms with E-state index in [2.05, 4.69) is 6.92 Å². The summed E-state index contributed by atoms with van der Waals surface area (Å²) in [5.74, 6) is 0. The minimum absolute atomic E-state index is 0.0680. The minimum Gasteiger partial charge on any atom is -0.241 e. The molecule has 0 aliphatic heterocycles. The van der Waals surface area contributed by atoms with E-state index in [4.69, 9.17) is 0 Å². The fourth-order valence-corrected chi connectivity index (χ4v) is 0.619. The van der Waals surface area contributed by atoms with Crippen molar-refractivity contribution in [2.45, 2.75) is 39.5 Å². The molecule has 0 rings (SSSR count). The lowest BCUT2D eigenvalue weighted by Gasteiger charge is -1.96. The summed E-state index contributed by atoms with van der Waals surface area (Å²) in [6.07, 6.45) is 4.07. The number of halogens is 1. The van der Waals surface area contributed by atoms with Crippen molar-refractivity contribution in [1.29, 1.82) is 0 Å². The Morgan fingerprint density at radius 2 is 2.00 bits per heavy atom. The van der Waals surface area contributed by atoms with Crippen LogP contribution in [-0.2, 0) is 0 Å². The van der Waals surface area contributed by atoms with E-state index in [1.807, 2.05) is 0 Å². The van der Waals surface area contributed by atoms with Crippen molar-refractivity contribution in [3.05, 3.63) is 6.17 Å². The van der Waals surface area contributed by atoms with E-state index in [0.717, 1.165) is 12.8 Å². The normalized spacial score (nSPS) is 10.5. The molecule has 0 atom stereocenters. The molecule has 49 valence electrons. The molecule has 0 spiro atoms. The Hall–Kier alpha value is -0.0700. The van der Waals surface area contributed by atoms with E-state index in [9.17, 15) is 4.39 Å². The van der Waals surface area contributed by atoms with Crippen LogP contribution in [0, 0.1) is 6.17 Å². The standard InChI is InChI=1S/C7H14F/c1-3-4-5-6-7(2)8/h3-6H2,1-2H3. The maximum atomic E-state index is 11.9. The second-order valence-electron chi connectivity index (χ2n) is 2.13. The average Bonchev–Trinajstić information content (AvgIpc) is 1.66. The van der Waals surface area contributed by atoms with Gasteiger partial charge in [0.15, 0.2) is 0 Å². The number of unbranched alkanes of at least 4 members (excludes halogenated alkanes) is 2. The Bertz CT molecular complexity index is 41.7. The summed E-state index contributed by atoms with van der Waals surface area (Å²) in [6, 6.07) is 0. The van der Waals surface area contributed by atoms with Gasteiger partial charge in [0.1, 0.15) is 6.17 Å². The fraction of sp³-hybridized carbons (Fsp3) is 0.857. The summed E-state index contributed by atoms with van der Waals surface area (Å²) in [4.78, 5) is 0. The molecule has 0 aromatic heterocycles. The Morgan fingerprint density at radius 1 is 1.38 bits per heavy atom. The van der Waals surface area contributed by atoms with Crippen LogP contribution in [0.25, 0.3) is 0 Å². The first kappa shape index (κ1) is 7.93. The van der Waals surface area contributed by atoms with E-state index in [1.54, 1.807) is 0 Å². The molecule has 0 nitrogen and oxygen atoms in total. The molecule has 0 amide bonds. The predicted octanol–water partition coefficient (Wildman–Crippen LogP) is 3.09. The molecule has 0 bridgehead atoms. The lowest BCUT2D eigenvalue weighted by Crippen LogP contribution is -1.80. The molecule has 0 heterocycles. The van der Waals surface area contributed by atoms with E-state index in [1.165, 1.54) is 13.3 Å². The first-order chi connectivity index (χ1) is 3.77. The predicted molar refractivity (Wildman–Crippen MR) is 34.2 cm³/mol. The molecule has 0 unspecified atom stereocenters. The Balaban J connectivity index is 2.72. The van der Waals surface area contributed by atoms with Gasteiger partial charge in [-0.25, -0.2) is 4.39 Å². The van der Waals surface area contributed by atoms with Gasteiger partial charge >= 0.3 is 0 Å². The van der Waals surface area contributed by atoms with Crippen molar-refractivity contribution in [1.82, 2.24) is 0 Å². The summed E-state index contributed by atoms with van der Waals surface area (Å²) in [6.45, 7) is 3.66. The molecule has 0 aliphatic rings. The summed E-state index contributed by atoms with van der Waals surface area (Å²) in [7, 11) is 0. The Labute approximate surface area is 51.1 Å². The summed E-state index contributed by atoms with van der Waals surface area (Å²) >= 11 is 0. The van der Waals surface area contributed by atoms with Crippen LogP contribution < -0.4 is 0 Å². The van der Waals surface area contributed by atoms with Crippen LogP contribution in [0.2, 0.25) is 0 Å². The highest BCUT2D eigenvalue weighted by Crippen LogP contribution is 2.10. The average molecular weight is 117 g/mol. The van der Waals surface area contributed by atoms with E-state index in [0.29, 0.717) is 6.42 Å². The third kappa shape index (κ3) is 5.93. The van der Waals surface area contributed by atoms with Gasteiger partial charge in [-0.3, -0.25) is 0 Å². The number of hydrogen-bond acceptors (Lipinski definition) is 0. The van der Waals surface area contributed by atoms with Crippen molar-refractivity contribution in [2.75, 3.05) is 0 Å². The highest BCUT2D eigenvalue weighted by Gasteiger charge is 1.96. The zero-order valence-corrected chi connectivity index (χ0v) is 5.71. The van der Waals surface area contributed by atoms with Crippen LogP contribution in [-0.4, -0.2) is 0 Å². The van der Waals surface area contributed by atoms with Gasteiger partial charge < -0.3 is 0 Å². The van der Waals surface area contributed by atoms with Crippen LogP contribution >= 0.6 is 0 Å². The molecule has 1 heteroatoms. The SMILES string of the molecule is CCCCC[C](C)F. The molecular weight excluding hydrogens is 103 g/mol. The van der Waals surface area contributed by atoms with Crippen molar-refractivity contribution < 1.29 is 4.39 Å². The monoisotopic (exact) mass is 117 g/mol. The van der Waals surface area contributed by atoms with Crippen molar-refractivity contribution in [3.63, 3.8) is 0 Å². The molecule has 0 aliphatic carbocycles. The molecular formula is C7H14F. The van der Waals surface area contributed by atoms with Gasteiger partial charge in [0, 0.05) is 0 Å². The number of hydrogen-bond donors (Lipinski definition) is 0. The quantitative estimate of drug-likeness (QED) is 0.496. The highest BCUT2D eigenvalue weighted by atomic mass is 19.1. The Morgan fingerprint density at radius 3 is 2.38 bits per heavy atom. The second kappa shape index (κ2) is 5.07. The van der Waals surface area contributed by atoms with Crippen molar-refractivity contribution in [3.8, 4) is 0 Å². The van der Waals surface area contributed by atoms with Gasteiger partial charge in [-0.2, -0.15) is 0 Å². The van der Waals surface area contributed by atoms with Gasteiger partial charge in [-0.05, 0) is 13.3 Å². The van der Waals surface area contributed by atoms with Crippen LogP contribution in [0.15, 0.2) is 0 Å². The molecule has 0 saturated heterocycles. The Kier molecular flexibility index (Phi) is 5.03.